The van der Waals surface area contributed by atoms with Crippen molar-refractivity contribution in [1.82, 2.24) is 15.0 Å². The number of carbonyl (C=O) groups is 2. The minimum atomic E-state index is -3.77. The number of nitrogens with one attached hydrogen (secondary N) is 2. The third-order valence-corrected chi connectivity index (χ3v) is 7.29. The second-order valence-electron chi connectivity index (χ2n) is 8.37. The third kappa shape index (κ3) is 6.21. The van der Waals surface area contributed by atoms with E-state index in [1.807, 2.05) is 54.6 Å². The van der Waals surface area contributed by atoms with Crippen LogP contribution in [0.25, 0.3) is 22.2 Å². The van der Waals surface area contributed by atoms with Crippen LogP contribution in [0.3, 0.4) is 0 Å². The maximum Gasteiger partial charge on any atom is 0.252 e. The van der Waals surface area contributed by atoms with E-state index in [0.29, 0.717) is 37.7 Å². The number of unbranched alkanes of at least 4 members (excludes halogenated alkanes) is 1. The Bertz CT molecular complexity index is 1440. The fraction of sp³-hybridized carbons (Fsp3) is 0.179. The first kappa shape index (κ1) is 25.2. The van der Waals surface area contributed by atoms with Gasteiger partial charge in [0.2, 0.25) is 10.0 Å². The maximum atomic E-state index is 13.1. The molecular formula is C28H27N3O4S. The van der Waals surface area contributed by atoms with Crippen LogP contribution < -0.4 is 10.0 Å². The first-order valence-corrected chi connectivity index (χ1v) is 13.2. The number of sulfonamides is 1. The number of fused-ring (bicyclic) bond motifs is 1. The topological polar surface area (TPSA) is 105 Å². The predicted octanol–water partition coefficient (Wildman–Crippen LogP) is 4.35. The average molecular weight is 502 g/mol. The number of rotatable bonds is 11. The lowest BCUT2D eigenvalue weighted by atomic mass is 10.0. The Morgan fingerprint density at radius 1 is 0.889 bits per heavy atom. The van der Waals surface area contributed by atoms with E-state index in [4.69, 9.17) is 4.98 Å². The van der Waals surface area contributed by atoms with Gasteiger partial charge in [-0.1, -0.05) is 66.7 Å². The van der Waals surface area contributed by atoms with Crippen molar-refractivity contribution >= 4 is 33.1 Å². The van der Waals surface area contributed by atoms with E-state index in [-0.39, 0.29) is 10.8 Å². The fourth-order valence-corrected chi connectivity index (χ4v) is 5.15. The number of benzene rings is 3. The number of pyridine rings is 1. The van der Waals surface area contributed by atoms with Crippen molar-refractivity contribution in [2.45, 2.75) is 30.2 Å². The molecule has 1 heterocycles. The van der Waals surface area contributed by atoms with Crippen molar-refractivity contribution in [2.75, 3.05) is 6.54 Å². The van der Waals surface area contributed by atoms with Gasteiger partial charge < -0.3 is 10.1 Å². The zero-order valence-corrected chi connectivity index (χ0v) is 20.4. The van der Waals surface area contributed by atoms with Gasteiger partial charge in [0, 0.05) is 17.5 Å². The highest BCUT2D eigenvalue weighted by atomic mass is 32.2. The standard InChI is InChI=1S/C28H27N3O4S/c32-20-22(31-36(34,35)23-14-5-2-6-15-23)13-9-10-18-29-28(33)25-19-27(21-11-3-1-4-12-21)30-26-17-8-7-16-24(25)26/h1-8,11-12,14-17,19-20,22,31H,9-10,13,18H2,(H,29,33). The van der Waals surface area contributed by atoms with Crippen LogP contribution in [0, 0.1) is 0 Å². The summed E-state index contributed by atoms with van der Waals surface area (Å²) in [5.41, 5.74) is 2.93. The molecule has 0 bridgehead atoms. The van der Waals surface area contributed by atoms with Gasteiger partial charge in [-0.15, -0.1) is 0 Å². The molecular weight excluding hydrogens is 474 g/mol. The molecule has 0 radical (unpaired) electrons. The van der Waals surface area contributed by atoms with Gasteiger partial charge in [0.05, 0.1) is 27.7 Å². The Labute approximate surface area is 210 Å². The van der Waals surface area contributed by atoms with Crippen molar-refractivity contribution < 1.29 is 18.0 Å². The molecule has 1 amide bonds. The molecule has 0 spiro atoms. The fourth-order valence-electron chi connectivity index (χ4n) is 3.93. The van der Waals surface area contributed by atoms with E-state index < -0.39 is 16.1 Å². The van der Waals surface area contributed by atoms with E-state index in [9.17, 15) is 18.0 Å². The number of para-hydroxylation sites is 1. The van der Waals surface area contributed by atoms with Gasteiger partial charge in [-0.25, -0.2) is 18.1 Å². The highest BCUT2D eigenvalue weighted by Gasteiger charge is 2.19. The second-order valence-corrected chi connectivity index (χ2v) is 10.1. The number of aldehydes is 1. The largest absolute Gasteiger partial charge is 0.352 e. The molecule has 0 aliphatic rings. The summed E-state index contributed by atoms with van der Waals surface area (Å²) in [6.07, 6.45) is 2.10. The first-order chi connectivity index (χ1) is 17.5. The molecule has 4 aromatic rings. The number of amides is 1. The minimum absolute atomic E-state index is 0.114. The molecule has 1 aromatic heterocycles. The van der Waals surface area contributed by atoms with Crippen LogP contribution in [0.2, 0.25) is 0 Å². The van der Waals surface area contributed by atoms with Crippen molar-refractivity contribution in [3.05, 3.63) is 96.6 Å². The number of aromatic nitrogens is 1. The van der Waals surface area contributed by atoms with Crippen LogP contribution in [0.15, 0.2) is 95.9 Å². The summed E-state index contributed by atoms with van der Waals surface area (Å²) in [6.45, 7) is 0.396. The van der Waals surface area contributed by atoms with Gasteiger partial charge in [-0.3, -0.25) is 4.79 Å². The Morgan fingerprint density at radius 2 is 1.56 bits per heavy atom. The smallest absolute Gasteiger partial charge is 0.252 e. The number of hydrogen-bond acceptors (Lipinski definition) is 5. The predicted molar refractivity (Wildman–Crippen MR) is 140 cm³/mol. The van der Waals surface area contributed by atoms with Gasteiger partial charge in [0.1, 0.15) is 6.29 Å². The lowest BCUT2D eigenvalue weighted by Gasteiger charge is -2.14. The lowest BCUT2D eigenvalue weighted by molar-refractivity contribution is -0.109. The molecule has 0 saturated heterocycles. The molecule has 1 atom stereocenters. The van der Waals surface area contributed by atoms with Gasteiger partial charge in [0.15, 0.2) is 0 Å². The summed E-state index contributed by atoms with van der Waals surface area (Å²) in [7, 11) is -3.77. The van der Waals surface area contributed by atoms with Crippen molar-refractivity contribution in [3.8, 4) is 11.3 Å². The first-order valence-electron chi connectivity index (χ1n) is 11.7. The zero-order valence-electron chi connectivity index (χ0n) is 19.6. The van der Waals surface area contributed by atoms with E-state index >= 15 is 0 Å². The lowest BCUT2D eigenvalue weighted by Crippen LogP contribution is -2.36. The summed E-state index contributed by atoms with van der Waals surface area (Å²) in [5, 5.41) is 3.71. The Kier molecular flexibility index (Phi) is 8.20. The van der Waals surface area contributed by atoms with Crippen molar-refractivity contribution in [2.24, 2.45) is 0 Å². The van der Waals surface area contributed by atoms with E-state index in [2.05, 4.69) is 10.0 Å². The molecule has 3 aromatic carbocycles. The Morgan fingerprint density at radius 3 is 2.28 bits per heavy atom. The van der Waals surface area contributed by atoms with Gasteiger partial charge in [-0.05, 0) is 43.5 Å². The molecule has 8 heteroatoms. The normalized spacial score (nSPS) is 12.2. The van der Waals surface area contributed by atoms with E-state index in [1.165, 1.54) is 12.1 Å². The molecule has 0 aliphatic heterocycles. The van der Waals surface area contributed by atoms with Crippen LogP contribution in [0.4, 0.5) is 0 Å². The van der Waals surface area contributed by atoms with Crippen LogP contribution in [0.5, 0.6) is 0 Å². The SMILES string of the molecule is O=CC(CCCCNC(=O)c1cc(-c2ccccc2)nc2ccccc12)NS(=O)(=O)c1ccccc1. The average Bonchev–Trinajstić information content (AvgIpc) is 2.92. The monoisotopic (exact) mass is 501 g/mol. The number of carbonyl (C=O) groups excluding carboxylic acids is 2. The molecule has 7 nitrogen and oxygen atoms in total. The summed E-state index contributed by atoms with van der Waals surface area (Å²) in [4.78, 5) is 29.3. The Balaban J connectivity index is 1.35. The molecule has 1 unspecified atom stereocenters. The van der Waals surface area contributed by atoms with Crippen LogP contribution in [-0.2, 0) is 14.8 Å². The number of hydrogen-bond donors (Lipinski definition) is 2. The number of nitrogens with zero attached hydrogens (tertiary/aromatic N) is 1. The molecule has 0 aliphatic carbocycles. The molecule has 184 valence electrons. The van der Waals surface area contributed by atoms with E-state index in [0.717, 1.165) is 22.2 Å². The molecule has 0 fully saturated rings. The van der Waals surface area contributed by atoms with Crippen LogP contribution >= 0.6 is 0 Å². The molecule has 4 rings (SSSR count). The third-order valence-electron chi connectivity index (χ3n) is 5.78. The quantitative estimate of drug-likeness (QED) is 0.235. The summed E-state index contributed by atoms with van der Waals surface area (Å²) >= 11 is 0. The van der Waals surface area contributed by atoms with Gasteiger partial charge in [0.25, 0.3) is 5.91 Å². The van der Waals surface area contributed by atoms with Gasteiger partial charge >= 0.3 is 0 Å². The molecule has 2 N–H and O–H groups in total. The summed E-state index contributed by atoms with van der Waals surface area (Å²) in [6, 6.07) is 26.1. The van der Waals surface area contributed by atoms with E-state index in [1.54, 1.807) is 24.3 Å². The van der Waals surface area contributed by atoms with Crippen molar-refractivity contribution in [1.29, 1.82) is 0 Å². The van der Waals surface area contributed by atoms with Crippen molar-refractivity contribution in [3.63, 3.8) is 0 Å². The summed E-state index contributed by atoms with van der Waals surface area (Å²) in [5.74, 6) is -0.206. The second kappa shape index (κ2) is 11.7. The maximum absolute atomic E-state index is 13.1. The Hall–Kier alpha value is -3.88. The highest BCUT2D eigenvalue weighted by molar-refractivity contribution is 7.89. The zero-order chi connectivity index (χ0) is 25.4. The summed E-state index contributed by atoms with van der Waals surface area (Å²) < 4.78 is 27.3. The minimum Gasteiger partial charge on any atom is -0.352 e. The van der Waals surface area contributed by atoms with Gasteiger partial charge in [-0.2, -0.15) is 0 Å². The molecule has 36 heavy (non-hydrogen) atoms. The highest BCUT2D eigenvalue weighted by Crippen LogP contribution is 2.24. The van der Waals surface area contributed by atoms with Crippen LogP contribution in [-0.4, -0.2) is 38.2 Å². The molecule has 0 saturated carbocycles. The van der Waals surface area contributed by atoms with Crippen LogP contribution in [0.1, 0.15) is 29.6 Å².